The molecule has 0 aromatic heterocycles. The van der Waals surface area contributed by atoms with Crippen LogP contribution in [0, 0.1) is 5.92 Å². The zero-order valence-corrected chi connectivity index (χ0v) is 12.0. The van der Waals surface area contributed by atoms with Gasteiger partial charge in [0.15, 0.2) is 0 Å². The van der Waals surface area contributed by atoms with Crippen LogP contribution in [0.2, 0.25) is 0 Å². The lowest BCUT2D eigenvalue weighted by atomic mass is 10.00. The minimum absolute atomic E-state index is 0.0117. The van der Waals surface area contributed by atoms with Crippen LogP contribution in [0.5, 0.6) is 0 Å². The lowest BCUT2D eigenvalue weighted by molar-refractivity contribution is 0.0307. The summed E-state index contributed by atoms with van der Waals surface area (Å²) in [5, 5.41) is 0.226. The van der Waals surface area contributed by atoms with Crippen molar-refractivity contribution in [3.63, 3.8) is 0 Å². The molecule has 0 aromatic carbocycles. The fourth-order valence-electron chi connectivity index (χ4n) is 1.65. The summed E-state index contributed by atoms with van der Waals surface area (Å²) < 4.78 is 10.6. The number of hydrogen-bond acceptors (Lipinski definition) is 4. The van der Waals surface area contributed by atoms with Gasteiger partial charge >= 0.3 is 6.09 Å². The van der Waals surface area contributed by atoms with Gasteiger partial charge in [0.25, 0.3) is 5.17 Å². The maximum Gasteiger partial charge on any atom is 0.418 e. The number of amides is 1. The van der Waals surface area contributed by atoms with Crippen LogP contribution in [0.25, 0.3) is 0 Å². The number of ether oxygens (including phenoxy) is 2. The summed E-state index contributed by atoms with van der Waals surface area (Å²) in [7, 11) is 0. The fraction of sp³-hybridized carbons (Fsp3) is 0.833. The van der Waals surface area contributed by atoms with E-state index in [1.165, 1.54) is 4.90 Å². The standard InChI is InChI=1S/C12H21NO3S/c1-6-8(2)9-7-15-11(17)13(9)10(14)16-12(3,4)5/h8-9H,6-7H2,1-5H3/t8?,9-/m1/s1. The smallest absolute Gasteiger partial charge is 0.418 e. The molecule has 0 spiro atoms. The van der Waals surface area contributed by atoms with E-state index in [4.69, 9.17) is 21.7 Å². The molecule has 1 amide bonds. The van der Waals surface area contributed by atoms with E-state index in [-0.39, 0.29) is 11.2 Å². The molecule has 1 aliphatic heterocycles. The summed E-state index contributed by atoms with van der Waals surface area (Å²) in [4.78, 5) is 13.5. The summed E-state index contributed by atoms with van der Waals surface area (Å²) in [6.07, 6.45) is 0.556. The minimum atomic E-state index is -0.519. The Balaban J connectivity index is 2.78. The topological polar surface area (TPSA) is 38.8 Å². The summed E-state index contributed by atoms with van der Waals surface area (Å²) in [6.45, 7) is 10.1. The first-order valence-electron chi connectivity index (χ1n) is 5.95. The number of carbonyl (C=O) groups is 1. The van der Waals surface area contributed by atoms with Crippen molar-refractivity contribution < 1.29 is 14.3 Å². The molecule has 1 heterocycles. The second-order valence-corrected chi connectivity index (χ2v) is 5.73. The predicted octanol–water partition coefficient (Wildman–Crippen LogP) is 2.95. The van der Waals surface area contributed by atoms with Crippen LogP contribution < -0.4 is 0 Å². The first-order valence-corrected chi connectivity index (χ1v) is 6.36. The monoisotopic (exact) mass is 259 g/mol. The molecule has 5 heteroatoms. The van der Waals surface area contributed by atoms with Gasteiger partial charge < -0.3 is 9.47 Å². The third kappa shape index (κ3) is 3.56. The minimum Gasteiger partial charge on any atom is -0.468 e. The van der Waals surface area contributed by atoms with Crippen LogP contribution in [0.15, 0.2) is 0 Å². The van der Waals surface area contributed by atoms with Crippen molar-refractivity contribution in [1.29, 1.82) is 0 Å². The van der Waals surface area contributed by atoms with Crippen LogP contribution in [-0.4, -0.2) is 34.4 Å². The van der Waals surface area contributed by atoms with Gasteiger partial charge in [0, 0.05) is 0 Å². The van der Waals surface area contributed by atoms with E-state index in [0.717, 1.165) is 6.42 Å². The van der Waals surface area contributed by atoms with Crippen LogP contribution in [-0.2, 0) is 9.47 Å². The van der Waals surface area contributed by atoms with Gasteiger partial charge in [-0.3, -0.25) is 0 Å². The van der Waals surface area contributed by atoms with E-state index in [9.17, 15) is 4.79 Å². The van der Waals surface area contributed by atoms with Crippen LogP contribution in [0.4, 0.5) is 4.79 Å². The number of rotatable bonds is 2. The van der Waals surface area contributed by atoms with Gasteiger partial charge in [0.1, 0.15) is 12.2 Å². The normalized spacial score (nSPS) is 22.3. The van der Waals surface area contributed by atoms with Gasteiger partial charge in [-0.2, -0.15) is 0 Å². The Hall–Kier alpha value is -0.840. The molecular formula is C12H21NO3S. The molecule has 0 bridgehead atoms. The lowest BCUT2D eigenvalue weighted by Crippen LogP contribution is -2.44. The second-order valence-electron chi connectivity index (χ2n) is 5.38. The third-order valence-corrected chi connectivity index (χ3v) is 3.11. The Morgan fingerprint density at radius 2 is 2.24 bits per heavy atom. The van der Waals surface area contributed by atoms with Crippen molar-refractivity contribution in [2.45, 2.75) is 52.7 Å². The van der Waals surface area contributed by atoms with E-state index >= 15 is 0 Å². The summed E-state index contributed by atoms with van der Waals surface area (Å²) in [6, 6.07) is -0.0117. The third-order valence-electron chi connectivity index (χ3n) is 2.80. The molecule has 0 radical (unpaired) electrons. The predicted molar refractivity (Wildman–Crippen MR) is 69.9 cm³/mol. The molecule has 1 fully saturated rings. The first-order chi connectivity index (χ1) is 7.76. The highest BCUT2D eigenvalue weighted by Gasteiger charge is 2.40. The molecule has 4 nitrogen and oxygen atoms in total. The van der Waals surface area contributed by atoms with Crippen molar-refractivity contribution in [3.05, 3.63) is 0 Å². The average molecular weight is 259 g/mol. The van der Waals surface area contributed by atoms with Crippen molar-refractivity contribution in [1.82, 2.24) is 4.90 Å². The zero-order chi connectivity index (χ0) is 13.2. The Kier molecular flexibility index (Phi) is 4.36. The first kappa shape index (κ1) is 14.2. The van der Waals surface area contributed by atoms with Crippen molar-refractivity contribution in [2.75, 3.05) is 6.61 Å². The largest absolute Gasteiger partial charge is 0.468 e. The number of nitrogens with zero attached hydrogens (tertiary/aromatic N) is 1. The van der Waals surface area contributed by atoms with Crippen molar-refractivity contribution >= 4 is 23.5 Å². The Labute approximate surface area is 108 Å². The van der Waals surface area contributed by atoms with E-state index in [1.807, 2.05) is 20.8 Å². The highest BCUT2D eigenvalue weighted by molar-refractivity contribution is 7.80. The van der Waals surface area contributed by atoms with Crippen molar-refractivity contribution in [2.24, 2.45) is 5.92 Å². The van der Waals surface area contributed by atoms with E-state index in [1.54, 1.807) is 0 Å². The highest BCUT2D eigenvalue weighted by atomic mass is 32.1. The van der Waals surface area contributed by atoms with E-state index in [2.05, 4.69) is 13.8 Å². The van der Waals surface area contributed by atoms with Crippen LogP contribution in [0.3, 0.4) is 0 Å². The molecule has 98 valence electrons. The molecular weight excluding hydrogens is 238 g/mol. The maximum atomic E-state index is 12.0. The van der Waals surface area contributed by atoms with Crippen LogP contribution in [0.1, 0.15) is 41.0 Å². The SMILES string of the molecule is CCC(C)[C@H]1COC(=S)N1C(=O)OC(C)(C)C. The van der Waals surface area contributed by atoms with Gasteiger partial charge in [-0.15, -0.1) is 0 Å². The molecule has 0 N–H and O–H groups in total. The Morgan fingerprint density at radius 3 is 2.71 bits per heavy atom. The molecule has 1 saturated heterocycles. The average Bonchev–Trinajstić information content (AvgIpc) is 2.56. The lowest BCUT2D eigenvalue weighted by Gasteiger charge is -2.28. The fourth-order valence-corrected chi connectivity index (χ4v) is 1.93. The molecule has 2 atom stereocenters. The molecule has 17 heavy (non-hydrogen) atoms. The molecule has 1 unspecified atom stereocenters. The highest BCUT2D eigenvalue weighted by Crippen LogP contribution is 2.24. The summed E-state index contributed by atoms with van der Waals surface area (Å²) >= 11 is 5.05. The van der Waals surface area contributed by atoms with E-state index in [0.29, 0.717) is 12.5 Å². The Morgan fingerprint density at radius 1 is 1.65 bits per heavy atom. The van der Waals surface area contributed by atoms with Gasteiger partial charge in [-0.1, -0.05) is 20.3 Å². The second kappa shape index (κ2) is 5.21. The van der Waals surface area contributed by atoms with E-state index < -0.39 is 11.7 Å². The van der Waals surface area contributed by atoms with Gasteiger partial charge in [0.05, 0.1) is 6.04 Å². The van der Waals surface area contributed by atoms with Crippen LogP contribution >= 0.6 is 12.2 Å². The molecule has 0 saturated carbocycles. The maximum absolute atomic E-state index is 12.0. The Bertz CT molecular complexity index is 311. The summed E-state index contributed by atoms with van der Waals surface area (Å²) in [5.74, 6) is 0.336. The number of hydrogen-bond donors (Lipinski definition) is 0. The molecule has 1 aliphatic rings. The number of carbonyl (C=O) groups excluding carboxylic acids is 1. The zero-order valence-electron chi connectivity index (χ0n) is 11.1. The van der Waals surface area contributed by atoms with Gasteiger partial charge in [-0.25, -0.2) is 9.69 Å². The molecule has 1 rings (SSSR count). The summed E-state index contributed by atoms with van der Waals surface area (Å²) in [5.41, 5.74) is -0.519. The quantitative estimate of drug-likeness (QED) is 0.715. The van der Waals surface area contributed by atoms with Crippen molar-refractivity contribution in [3.8, 4) is 0 Å². The molecule has 0 aliphatic carbocycles. The molecule has 0 aromatic rings. The van der Waals surface area contributed by atoms with Gasteiger partial charge in [0.2, 0.25) is 0 Å². The van der Waals surface area contributed by atoms with Gasteiger partial charge in [-0.05, 0) is 38.9 Å². The number of thiocarbonyl (C=S) groups is 1.